The first-order valence-electron chi connectivity index (χ1n) is 5.33. The molecule has 1 aliphatic heterocycles. The van der Waals surface area contributed by atoms with Crippen LogP contribution in [0.15, 0.2) is 4.79 Å². The molecule has 88 valence electrons. The summed E-state index contributed by atoms with van der Waals surface area (Å²) in [6.45, 7) is 2.05. The van der Waals surface area contributed by atoms with Crippen LogP contribution >= 0.6 is 11.8 Å². The first kappa shape index (κ1) is 11.3. The fraction of sp³-hybridized carbons (Fsp3) is 0.600. The molecule has 1 aliphatic rings. The summed E-state index contributed by atoms with van der Waals surface area (Å²) in [5.74, 6) is 0.584. The number of aromatic nitrogens is 2. The van der Waals surface area contributed by atoms with Crippen LogP contribution in [0.5, 0.6) is 0 Å². The zero-order chi connectivity index (χ0) is 11.5. The number of aromatic amines is 2. The highest BCUT2D eigenvalue weighted by molar-refractivity contribution is 7.99. The Bertz CT molecular complexity index is 432. The highest BCUT2D eigenvalue weighted by atomic mass is 32.2. The van der Waals surface area contributed by atoms with Crippen LogP contribution in [0.25, 0.3) is 0 Å². The second kappa shape index (κ2) is 4.78. The van der Waals surface area contributed by atoms with Crippen LogP contribution in [0, 0.1) is 0 Å². The zero-order valence-corrected chi connectivity index (χ0v) is 9.86. The van der Waals surface area contributed by atoms with Crippen LogP contribution in [-0.4, -0.2) is 28.5 Å². The lowest BCUT2D eigenvalue weighted by Crippen LogP contribution is -2.13. The number of nitrogens with one attached hydrogen (secondary N) is 2. The van der Waals surface area contributed by atoms with E-state index in [1.165, 1.54) is 0 Å². The number of rotatable bonds is 3. The van der Waals surface area contributed by atoms with E-state index in [-0.39, 0.29) is 16.5 Å². The maximum atomic E-state index is 11.6. The molecule has 2 heterocycles. The number of hydrogen-bond acceptors (Lipinski definition) is 4. The van der Waals surface area contributed by atoms with Gasteiger partial charge in [-0.3, -0.25) is 15.0 Å². The van der Waals surface area contributed by atoms with Crippen molar-refractivity contribution < 1.29 is 9.53 Å². The Morgan fingerprint density at radius 2 is 2.38 bits per heavy atom. The van der Waals surface area contributed by atoms with Crippen molar-refractivity contribution in [2.24, 2.45) is 0 Å². The molecule has 2 N–H and O–H groups in total. The molecular weight excluding hydrogens is 228 g/mol. The summed E-state index contributed by atoms with van der Waals surface area (Å²) in [6.07, 6.45) is 2.03. The monoisotopic (exact) mass is 242 g/mol. The molecule has 1 saturated heterocycles. The highest BCUT2D eigenvalue weighted by Gasteiger charge is 2.28. The van der Waals surface area contributed by atoms with Crippen LogP contribution in [0.3, 0.4) is 0 Å². The molecule has 0 radical (unpaired) electrons. The predicted octanol–water partition coefficient (Wildman–Crippen LogP) is 1.45. The Kier molecular flexibility index (Phi) is 3.38. The number of thioether (sulfide) groups is 1. The average molecular weight is 242 g/mol. The molecule has 0 spiro atoms. The van der Waals surface area contributed by atoms with Crippen LogP contribution in [0.2, 0.25) is 0 Å². The van der Waals surface area contributed by atoms with E-state index in [4.69, 9.17) is 4.74 Å². The molecule has 0 bridgehead atoms. The molecule has 1 fully saturated rings. The lowest BCUT2D eigenvalue weighted by molar-refractivity contribution is 0.0518. The summed E-state index contributed by atoms with van der Waals surface area (Å²) in [7, 11) is 0. The number of hydrogen-bond donors (Lipinski definition) is 2. The second-order valence-corrected chi connectivity index (χ2v) is 4.90. The van der Waals surface area contributed by atoms with Crippen LogP contribution < -0.4 is 5.56 Å². The van der Waals surface area contributed by atoms with Crippen LogP contribution in [-0.2, 0) is 4.74 Å². The van der Waals surface area contributed by atoms with Gasteiger partial charge in [0, 0.05) is 5.25 Å². The van der Waals surface area contributed by atoms with Crippen molar-refractivity contribution in [3.05, 3.63) is 21.6 Å². The molecule has 5 nitrogen and oxygen atoms in total. The second-order valence-electron chi connectivity index (χ2n) is 3.59. The summed E-state index contributed by atoms with van der Waals surface area (Å²) < 4.78 is 4.90. The first-order valence-corrected chi connectivity index (χ1v) is 6.38. The van der Waals surface area contributed by atoms with Gasteiger partial charge in [-0.05, 0) is 25.5 Å². The van der Waals surface area contributed by atoms with Crippen LogP contribution in [0.4, 0.5) is 0 Å². The number of ether oxygens (including phenoxy) is 1. The van der Waals surface area contributed by atoms with Gasteiger partial charge in [0.2, 0.25) is 0 Å². The van der Waals surface area contributed by atoms with Gasteiger partial charge in [0.25, 0.3) is 5.56 Å². The van der Waals surface area contributed by atoms with Crippen molar-refractivity contribution in [3.63, 3.8) is 0 Å². The molecule has 0 saturated carbocycles. The Labute approximate surface area is 96.9 Å². The van der Waals surface area contributed by atoms with Crippen molar-refractivity contribution in [1.29, 1.82) is 0 Å². The standard InChI is InChI=1S/C10H14N2O3S/c1-2-15-10(14)8-7(9(13)12-11-8)6-4-3-5-16-6/h6H,2-5H2,1H3,(H2,11,12,13)/t6-/m1/s1. The summed E-state index contributed by atoms with van der Waals surface area (Å²) in [4.78, 5) is 23.2. The Morgan fingerprint density at radius 1 is 1.56 bits per heavy atom. The van der Waals surface area contributed by atoms with Gasteiger partial charge in [-0.15, -0.1) is 0 Å². The number of H-pyrrole nitrogens is 2. The number of esters is 1. The summed E-state index contributed by atoms with van der Waals surface area (Å²) in [5.41, 5.74) is 0.620. The Hall–Kier alpha value is -1.17. The first-order chi connectivity index (χ1) is 7.74. The summed E-state index contributed by atoms with van der Waals surface area (Å²) in [5, 5.41) is 5.19. The lowest BCUT2D eigenvalue weighted by atomic mass is 10.1. The highest BCUT2D eigenvalue weighted by Crippen LogP contribution is 2.39. The van der Waals surface area contributed by atoms with E-state index in [1.54, 1.807) is 18.7 Å². The normalized spacial score (nSPS) is 19.9. The largest absolute Gasteiger partial charge is 0.461 e. The fourth-order valence-electron chi connectivity index (χ4n) is 1.84. The van der Waals surface area contributed by atoms with Gasteiger partial charge in [0.15, 0.2) is 0 Å². The molecule has 1 aromatic rings. The molecular formula is C10H14N2O3S. The fourth-order valence-corrected chi connectivity index (χ4v) is 3.19. The van der Waals surface area contributed by atoms with Crippen molar-refractivity contribution in [3.8, 4) is 0 Å². The van der Waals surface area contributed by atoms with E-state index in [0.717, 1.165) is 18.6 Å². The van der Waals surface area contributed by atoms with Gasteiger partial charge in [-0.2, -0.15) is 11.8 Å². The molecule has 0 aromatic carbocycles. The number of carbonyl (C=O) groups excluding carboxylic acids is 1. The molecule has 0 amide bonds. The van der Waals surface area contributed by atoms with Gasteiger partial charge in [0.05, 0.1) is 12.2 Å². The van der Waals surface area contributed by atoms with E-state index in [0.29, 0.717) is 12.2 Å². The van der Waals surface area contributed by atoms with E-state index in [9.17, 15) is 9.59 Å². The maximum Gasteiger partial charge on any atom is 0.356 e. The molecule has 1 atom stereocenters. The molecule has 1 aromatic heterocycles. The quantitative estimate of drug-likeness (QED) is 0.787. The molecule has 16 heavy (non-hydrogen) atoms. The minimum Gasteiger partial charge on any atom is -0.461 e. The minimum absolute atomic E-state index is 0.120. The molecule has 2 rings (SSSR count). The van der Waals surface area contributed by atoms with Gasteiger partial charge >= 0.3 is 5.97 Å². The van der Waals surface area contributed by atoms with Crippen molar-refractivity contribution in [2.45, 2.75) is 25.0 Å². The number of carbonyl (C=O) groups is 1. The Balaban J connectivity index is 2.31. The van der Waals surface area contributed by atoms with Gasteiger partial charge < -0.3 is 4.74 Å². The Morgan fingerprint density at radius 3 is 3.00 bits per heavy atom. The van der Waals surface area contributed by atoms with Crippen molar-refractivity contribution >= 4 is 17.7 Å². The van der Waals surface area contributed by atoms with E-state index in [1.807, 2.05) is 0 Å². The third-order valence-corrected chi connectivity index (χ3v) is 3.94. The van der Waals surface area contributed by atoms with Gasteiger partial charge in [0.1, 0.15) is 5.69 Å². The summed E-state index contributed by atoms with van der Waals surface area (Å²) >= 11 is 1.72. The minimum atomic E-state index is -0.455. The van der Waals surface area contributed by atoms with Gasteiger partial charge in [-0.1, -0.05) is 0 Å². The van der Waals surface area contributed by atoms with E-state index >= 15 is 0 Å². The summed E-state index contributed by atoms with van der Waals surface area (Å²) in [6, 6.07) is 0. The van der Waals surface area contributed by atoms with E-state index < -0.39 is 5.97 Å². The van der Waals surface area contributed by atoms with Crippen LogP contribution in [0.1, 0.15) is 41.1 Å². The predicted molar refractivity (Wildman–Crippen MR) is 61.8 cm³/mol. The van der Waals surface area contributed by atoms with Crippen molar-refractivity contribution in [1.82, 2.24) is 10.2 Å². The zero-order valence-electron chi connectivity index (χ0n) is 9.04. The van der Waals surface area contributed by atoms with E-state index in [2.05, 4.69) is 10.2 Å². The SMILES string of the molecule is CCOC(=O)c1[nH][nH]c(=O)c1[C@H]1CCCS1. The molecule has 6 heteroatoms. The molecule has 0 aliphatic carbocycles. The topological polar surface area (TPSA) is 75.0 Å². The smallest absolute Gasteiger partial charge is 0.356 e. The maximum absolute atomic E-state index is 11.6. The molecule has 0 unspecified atom stereocenters. The third-order valence-electron chi connectivity index (χ3n) is 2.55. The lowest BCUT2D eigenvalue weighted by Gasteiger charge is -2.07. The van der Waals surface area contributed by atoms with Gasteiger partial charge in [-0.25, -0.2) is 4.79 Å². The van der Waals surface area contributed by atoms with Crippen molar-refractivity contribution in [2.75, 3.05) is 12.4 Å². The third kappa shape index (κ3) is 2.02. The average Bonchev–Trinajstić information content (AvgIpc) is 2.86.